The van der Waals surface area contributed by atoms with Crippen molar-refractivity contribution in [1.82, 2.24) is 4.90 Å². The fraction of sp³-hybridized carbons (Fsp3) is 0.600. The Hall–Kier alpha value is -1.62. The van der Waals surface area contributed by atoms with E-state index >= 15 is 0 Å². The molecule has 0 radical (unpaired) electrons. The van der Waals surface area contributed by atoms with E-state index in [4.69, 9.17) is 0 Å². The fourth-order valence-corrected chi connectivity index (χ4v) is 3.60. The topological polar surface area (TPSA) is 58.4 Å². The first-order chi connectivity index (χ1) is 9.56. The highest BCUT2D eigenvalue weighted by Gasteiger charge is 2.37. The van der Waals surface area contributed by atoms with Crippen LogP contribution in [0.2, 0.25) is 0 Å². The summed E-state index contributed by atoms with van der Waals surface area (Å²) in [5, 5.41) is 14.6. The summed E-state index contributed by atoms with van der Waals surface area (Å²) in [6.45, 7) is 6.14. The van der Waals surface area contributed by atoms with Crippen molar-refractivity contribution in [2.75, 3.05) is 18.4 Å². The van der Waals surface area contributed by atoms with Gasteiger partial charge in [-0.3, -0.25) is 15.0 Å². The Bertz CT molecular complexity index is 544. The molecule has 2 saturated heterocycles. The zero-order valence-electron chi connectivity index (χ0n) is 12.1. The van der Waals surface area contributed by atoms with Crippen LogP contribution >= 0.6 is 0 Å². The van der Waals surface area contributed by atoms with Gasteiger partial charge >= 0.3 is 0 Å². The lowest BCUT2D eigenvalue weighted by molar-refractivity contribution is -0.385. The van der Waals surface area contributed by atoms with Crippen molar-refractivity contribution in [3.63, 3.8) is 0 Å². The lowest BCUT2D eigenvalue weighted by atomic mass is 10.0. The van der Waals surface area contributed by atoms with Crippen molar-refractivity contribution in [2.24, 2.45) is 0 Å². The normalized spacial score (nSPS) is 25.7. The number of nitrogens with zero attached hydrogens (tertiary/aromatic N) is 2. The van der Waals surface area contributed by atoms with E-state index in [2.05, 4.69) is 10.2 Å². The van der Waals surface area contributed by atoms with Crippen LogP contribution < -0.4 is 5.32 Å². The highest BCUT2D eigenvalue weighted by Crippen LogP contribution is 2.32. The van der Waals surface area contributed by atoms with E-state index in [0.717, 1.165) is 16.8 Å². The SMILES string of the molecule is Cc1cc([N+](=O)[O-])c(C)cc1NC1CCN2CCCC12. The molecule has 0 amide bonds. The van der Waals surface area contributed by atoms with E-state index in [0.29, 0.717) is 12.1 Å². The summed E-state index contributed by atoms with van der Waals surface area (Å²) in [6.07, 6.45) is 3.73. The molecule has 1 aromatic carbocycles. The van der Waals surface area contributed by atoms with Crippen LogP contribution in [0.15, 0.2) is 12.1 Å². The van der Waals surface area contributed by atoms with Gasteiger partial charge in [-0.15, -0.1) is 0 Å². The molecule has 0 aliphatic carbocycles. The van der Waals surface area contributed by atoms with E-state index in [-0.39, 0.29) is 10.6 Å². The molecular formula is C15H21N3O2. The Labute approximate surface area is 119 Å². The number of fused-ring (bicyclic) bond motifs is 1. The average molecular weight is 275 g/mol. The van der Waals surface area contributed by atoms with Crippen molar-refractivity contribution in [3.05, 3.63) is 33.4 Å². The van der Waals surface area contributed by atoms with Gasteiger partial charge in [-0.25, -0.2) is 0 Å². The van der Waals surface area contributed by atoms with E-state index in [1.54, 1.807) is 13.0 Å². The van der Waals surface area contributed by atoms with Gasteiger partial charge in [0.25, 0.3) is 5.69 Å². The number of nitro groups is 1. The number of hydrogen-bond donors (Lipinski definition) is 1. The van der Waals surface area contributed by atoms with Crippen LogP contribution in [0, 0.1) is 24.0 Å². The highest BCUT2D eigenvalue weighted by molar-refractivity contribution is 5.60. The molecule has 2 unspecified atom stereocenters. The monoisotopic (exact) mass is 275 g/mol. The summed E-state index contributed by atoms with van der Waals surface area (Å²) in [5.41, 5.74) is 2.94. The second-order valence-electron chi connectivity index (χ2n) is 6.00. The molecule has 2 aliphatic rings. The predicted molar refractivity (Wildman–Crippen MR) is 79.2 cm³/mol. The number of hydrogen-bond acceptors (Lipinski definition) is 4. The number of nitrogens with one attached hydrogen (secondary N) is 1. The molecule has 2 fully saturated rings. The smallest absolute Gasteiger partial charge is 0.272 e. The quantitative estimate of drug-likeness (QED) is 0.680. The van der Waals surface area contributed by atoms with Gasteiger partial charge in [-0.2, -0.15) is 0 Å². The summed E-state index contributed by atoms with van der Waals surface area (Å²) in [7, 11) is 0. The summed E-state index contributed by atoms with van der Waals surface area (Å²) in [5.74, 6) is 0. The summed E-state index contributed by atoms with van der Waals surface area (Å²) in [6, 6.07) is 4.73. The molecule has 3 rings (SSSR count). The van der Waals surface area contributed by atoms with Gasteiger partial charge in [-0.1, -0.05) is 0 Å². The maximum atomic E-state index is 11.0. The molecule has 0 spiro atoms. The number of anilines is 1. The lowest BCUT2D eigenvalue weighted by Gasteiger charge is -2.23. The summed E-state index contributed by atoms with van der Waals surface area (Å²) >= 11 is 0. The minimum absolute atomic E-state index is 0.210. The third-order valence-electron chi connectivity index (χ3n) is 4.69. The highest BCUT2D eigenvalue weighted by atomic mass is 16.6. The lowest BCUT2D eigenvalue weighted by Crippen LogP contribution is -2.33. The first-order valence-corrected chi connectivity index (χ1v) is 7.32. The molecule has 0 aromatic heterocycles. The summed E-state index contributed by atoms with van der Waals surface area (Å²) < 4.78 is 0. The fourth-order valence-electron chi connectivity index (χ4n) is 3.60. The largest absolute Gasteiger partial charge is 0.380 e. The molecule has 5 heteroatoms. The van der Waals surface area contributed by atoms with Crippen LogP contribution in [-0.2, 0) is 0 Å². The van der Waals surface area contributed by atoms with Gasteiger partial charge in [0.1, 0.15) is 0 Å². The van der Waals surface area contributed by atoms with Crippen LogP contribution in [0.1, 0.15) is 30.4 Å². The second-order valence-corrected chi connectivity index (χ2v) is 6.00. The molecular weight excluding hydrogens is 254 g/mol. The molecule has 1 N–H and O–H groups in total. The molecule has 108 valence electrons. The Balaban J connectivity index is 1.81. The first-order valence-electron chi connectivity index (χ1n) is 7.32. The van der Waals surface area contributed by atoms with Gasteiger partial charge in [0, 0.05) is 35.9 Å². The molecule has 5 nitrogen and oxygen atoms in total. The zero-order valence-corrected chi connectivity index (χ0v) is 12.1. The third kappa shape index (κ3) is 2.26. The molecule has 1 aromatic rings. The molecule has 2 aliphatic heterocycles. The Morgan fingerprint density at radius 2 is 2.05 bits per heavy atom. The molecule has 0 bridgehead atoms. The first kappa shape index (κ1) is 13.4. The van der Waals surface area contributed by atoms with E-state index in [1.165, 1.54) is 32.4 Å². The van der Waals surface area contributed by atoms with Crippen LogP contribution in [0.4, 0.5) is 11.4 Å². The van der Waals surface area contributed by atoms with Gasteiger partial charge in [0.15, 0.2) is 0 Å². The minimum atomic E-state index is -0.305. The Morgan fingerprint density at radius 3 is 2.80 bits per heavy atom. The maximum absolute atomic E-state index is 11.0. The molecule has 2 heterocycles. The van der Waals surface area contributed by atoms with Gasteiger partial charge in [0.05, 0.1) is 4.92 Å². The number of nitro benzene ring substituents is 1. The van der Waals surface area contributed by atoms with Crippen molar-refractivity contribution in [3.8, 4) is 0 Å². The molecule has 20 heavy (non-hydrogen) atoms. The van der Waals surface area contributed by atoms with E-state index in [1.807, 2.05) is 13.0 Å². The predicted octanol–water partition coefficient (Wildman–Crippen LogP) is 2.86. The Kier molecular flexibility index (Phi) is 3.38. The van der Waals surface area contributed by atoms with Crippen LogP contribution in [0.3, 0.4) is 0 Å². The van der Waals surface area contributed by atoms with Crippen LogP contribution in [0.25, 0.3) is 0 Å². The summed E-state index contributed by atoms with van der Waals surface area (Å²) in [4.78, 5) is 13.2. The van der Waals surface area contributed by atoms with Gasteiger partial charge < -0.3 is 5.32 Å². The second kappa shape index (κ2) is 5.05. The number of benzene rings is 1. The van der Waals surface area contributed by atoms with E-state index < -0.39 is 0 Å². The molecule has 0 saturated carbocycles. The Morgan fingerprint density at radius 1 is 1.25 bits per heavy atom. The van der Waals surface area contributed by atoms with Crippen LogP contribution in [0.5, 0.6) is 0 Å². The van der Waals surface area contributed by atoms with Crippen molar-refractivity contribution in [2.45, 2.75) is 45.2 Å². The number of aryl methyl sites for hydroxylation is 2. The minimum Gasteiger partial charge on any atom is -0.380 e. The van der Waals surface area contributed by atoms with Crippen molar-refractivity contribution >= 4 is 11.4 Å². The maximum Gasteiger partial charge on any atom is 0.272 e. The van der Waals surface area contributed by atoms with Crippen molar-refractivity contribution < 1.29 is 4.92 Å². The third-order valence-corrected chi connectivity index (χ3v) is 4.69. The van der Waals surface area contributed by atoms with Gasteiger partial charge in [0.2, 0.25) is 0 Å². The van der Waals surface area contributed by atoms with Gasteiger partial charge in [-0.05, 0) is 51.3 Å². The van der Waals surface area contributed by atoms with Crippen molar-refractivity contribution in [1.29, 1.82) is 0 Å². The zero-order chi connectivity index (χ0) is 14.3. The number of rotatable bonds is 3. The van der Waals surface area contributed by atoms with Crippen LogP contribution in [-0.4, -0.2) is 35.0 Å². The molecule has 2 atom stereocenters. The van der Waals surface area contributed by atoms with E-state index in [9.17, 15) is 10.1 Å². The standard InChI is InChI=1S/C15H21N3O2/c1-10-9-15(18(19)20)11(2)8-13(10)16-12-5-7-17-6-3-4-14(12)17/h8-9,12,14,16H,3-7H2,1-2H3. The average Bonchev–Trinajstić information content (AvgIpc) is 2.97.